The number of pyridine rings is 1. The fourth-order valence-electron chi connectivity index (χ4n) is 4.21. The summed E-state index contributed by atoms with van der Waals surface area (Å²) in [6, 6.07) is 3.45. The van der Waals surface area contributed by atoms with Gasteiger partial charge in [-0.1, -0.05) is 0 Å². The highest BCUT2D eigenvalue weighted by molar-refractivity contribution is 7.90. The van der Waals surface area contributed by atoms with Crippen LogP contribution in [0.5, 0.6) is 0 Å². The summed E-state index contributed by atoms with van der Waals surface area (Å²) in [5.41, 5.74) is 1.08. The summed E-state index contributed by atoms with van der Waals surface area (Å²) in [6.07, 6.45) is 5.10. The van der Waals surface area contributed by atoms with E-state index in [1.165, 1.54) is 23.5 Å². The third-order valence-corrected chi connectivity index (χ3v) is 7.87. The van der Waals surface area contributed by atoms with E-state index in [1.54, 1.807) is 39.1 Å². The van der Waals surface area contributed by atoms with Gasteiger partial charge in [0.2, 0.25) is 0 Å². The normalized spacial score (nSPS) is 14.5. The molecule has 5 heterocycles. The summed E-state index contributed by atoms with van der Waals surface area (Å²) < 4.78 is 39.1. The lowest BCUT2D eigenvalue weighted by Crippen LogP contribution is -2.43. The summed E-state index contributed by atoms with van der Waals surface area (Å²) in [7, 11) is -3.70. The van der Waals surface area contributed by atoms with E-state index >= 15 is 0 Å². The Morgan fingerprint density at radius 2 is 1.90 bits per heavy atom. The Hall–Kier alpha value is -3.91. The maximum Gasteiger partial charge on any atom is 0.421 e. The predicted molar refractivity (Wildman–Crippen MR) is 143 cm³/mol. The zero-order valence-corrected chi connectivity index (χ0v) is 23.4. The summed E-state index contributed by atoms with van der Waals surface area (Å²) in [5, 5.41) is 3.36. The first-order valence-electron chi connectivity index (χ1n) is 12.4. The van der Waals surface area contributed by atoms with Gasteiger partial charge in [0.15, 0.2) is 5.82 Å². The van der Waals surface area contributed by atoms with Crippen LogP contribution in [-0.4, -0.2) is 72.3 Å². The zero-order chi connectivity index (χ0) is 28.1. The Morgan fingerprint density at radius 1 is 1.15 bits per heavy atom. The lowest BCUT2D eigenvalue weighted by atomic mass is 10.2. The van der Waals surface area contributed by atoms with Crippen LogP contribution in [0.25, 0.3) is 22.4 Å². The van der Waals surface area contributed by atoms with Gasteiger partial charge in [0.1, 0.15) is 33.8 Å². The molecule has 1 amide bonds. The predicted octanol–water partition coefficient (Wildman–Crippen LogP) is 3.62. The minimum absolute atomic E-state index is 0.126. The van der Waals surface area contributed by atoms with Gasteiger partial charge in [-0.25, -0.2) is 38.0 Å². The van der Waals surface area contributed by atoms with Crippen molar-refractivity contribution in [2.45, 2.75) is 58.4 Å². The number of carbonyl (C=O) groups excluding carboxylic acids is 1. The van der Waals surface area contributed by atoms with Gasteiger partial charge in [-0.3, -0.25) is 0 Å². The molecule has 0 N–H and O–H groups in total. The van der Waals surface area contributed by atoms with E-state index in [9.17, 15) is 13.2 Å². The van der Waals surface area contributed by atoms with Crippen molar-refractivity contribution in [2.24, 2.45) is 0 Å². The molecule has 5 rings (SSSR count). The summed E-state index contributed by atoms with van der Waals surface area (Å²) in [5.74, 6) is 1.48. The van der Waals surface area contributed by atoms with E-state index in [-0.39, 0.29) is 36.7 Å². The van der Waals surface area contributed by atoms with Gasteiger partial charge >= 0.3 is 6.09 Å². The summed E-state index contributed by atoms with van der Waals surface area (Å²) in [6.45, 7) is 11.6. The van der Waals surface area contributed by atoms with Crippen molar-refractivity contribution in [3.8, 4) is 11.4 Å². The van der Waals surface area contributed by atoms with Crippen molar-refractivity contribution in [1.82, 2.24) is 33.7 Å². The molecule has 0 unspecified atom stereocenters. The molecule has 13 nitrogen and oxygen atoms in total. The average molecular weight is 555 g/mol. The smallest absolute Gasteiger partial charge is 0.421 e. The molecule has 206 valence electrons. The first-order valence-corrected chi connectivity index (χ1v) is 13.9. The monoisotopic (exact) mass is 554 g/mol. The quantitative estimate of drug-likeness (QED) is 0.346. The standard InChI is InChI=1S/C25H30N8O5S/c1-15(2)32-16(3)29-19-11-27-22(9-20(19)32)33(24(34)38-25(4,5)6)21-7-8-26-23(30-21)17-10-28-31(12-17)39(35,36)18-13-37-14-18/h7-12,15,18H,13-14H2,1-6H3. The van der Waals surface area contributed by atoms with Crippen molar-refractivity contribution in [1.29, 1.82) is 0 Å². The molecule has 1 aliphatic heterocycles. The van der Waals surface area contributed by atoms with E-state index in [2.05, 4.69) is 43.4 Å². The Bertz CT molecular complexity index is 1650. The van der Waals surface area contributed by atoms with Crippen LogP contribution in [0.15, 0.2) is 36.9 Å². The van der Waals surface area contributed by atoms with Crippen molar-refractivity contribution in [2.75, 3.05) is 18.1 Å². The summed E-state index contributed by atoms with van der Waals surface area (Å²) in [4.78, 5) is 32.7. The zero-order valence-electron chi connectivity index (χ0n) is 22.6. The number of hydrogen-bond acceptors (Lipinski definition) is 10. The van der Waals surface area contributed by atoms with E-state index in [1.807, 2.05) is 6.92 Å². The molecule has 1 aliphatic rings. The van der Waals surface area contributed by atoms with Gasteiger partial charge in [0.05, 0.1) is 42.9 Å². The van der Waals surface area contributed by atoms with E-state index < -0.39 is 27.0 Å². The molecule has 39 heavy (non-hydrogen) atoms. The number of carbonyl (C=O) groups is 1. The Kier molecular flexibility index (Phi) is 6.63. The van der Waals surface area contributed by atoms with Crippen LogP contribution < -0.4 is 4.90 Å². The van der Waals surface area contributed by atoms with Gasteiger partial charge in [0, 0.05) is 24.4 Å². The number of anilines is 2. The van der Waals surface area contributed by atoms with Crippen LogP contribution in [0.2, 0.25) is 0 Å². The first-order chi connectivity index (χ1) is 18.3. The molecule has 0 radical (unpaired) electrons. The number of hydrogen-bond donors (Lipinski definition) is 0. The van der Waals surface area contributed by atoms with Crippen LogP contribution in [0.4, 0.5) is 16.4 Å². The number of fused-ring (bicyclic) bond motifs is 1. The molecule has 0 bridgehead atoms. The highest BCUT2D eigenvalue weighted by Crippen LogP contribution is 2.30. The van der Waals surface area contributed by atoms with E-state index in [0.717, 1.165) is 15.4 Å². The Morgan fingerprint density at radius 3 is 2.54 bits per heavy atom. The molecule has 4 aromatic heterocycles. The van der Waals surface area contributed by atoms with Crippen molar-refractivity contribution < 1.29 is 22.7 Å². The Labute approximate surface area is 225 Å². The fourth-order valence-corrected chi connectivity index (χ4v) is 5.49. The minimum atomic E-state index is -3.70. The summed E-state index contributed by atoms with van der Waals surface area (Å²) >= 11 is 0. The molecule has 14 heteroatoms. The SMILES string of the molecule is Cc1nc2cnc(N(C(=O)OC(C)(C)C)c3ccnc(-c4cnn(S(=O)(=O)C5COC5)c4)n3)cc2n1C(C)C. The molecule has 0 aromatic carbocycles. The second kappa shape index (κ2) is 9.68. The maximum absolute atomic E-state index is 13.5. The van der Waals surface area contributed by atoms with Crippen LogP contribution in [0, 0.1) is 6.92 Å². The molecule has 0 atom stereocenters. The van der Waals surface area contributed by atoms with Crippen molar-refractivity contribution >= 4 is 38.8 Å². The van der Waals surface area contributed by atoms with Gasteiger partial charge < -0.3 is 14.0 Å². The first kappa shape index (κ1) is 26.7. The van der Waals surface area contributed by atoms with Gasteiger partial charge in [-0.05, 0) is 41.5 Å². The highest BCUT2D eigenvalue weighted by atomic mass is 32.2. The number of amides is 1. The number of aromatic nitrogens is 7. The Balaban J connectivity index is 1.58. The topological polar surface area (TPSA) is 147 Å². The van der Waals surface area contributed by atoms with E-state index in [0.29, 0.717) is 11.1 Å². The fraction of sp³-hybridized carbons (Fsp3) is 0.440. The second-order valence-electron chi connectivity index (χ2n) is 10.5. The number of rotatable bonds is 6. The van der Waals surface area contributed by atoms with Gasteiger partial charge in [0.25, 0.3) is 10.0 Å². The average Bonchev–Trinajstić information content (AvgIpc) is 3.41. The molecule has 0 aliphatic carbocycles. The van der Waals surface area contributed by atoms with Gasteiger partial charge in [-0.15, -0.1) is 0 Å². The van der Waals surface area contributed by atoms with Crippen LogP contribution in [0.3, 0.4) is 0 Å². The van der Waals surface area contributed by atoms with Crippen molar-refractivity contribution in [3.63, 3.8) is 0 Å². The highest BCUT2D eigenvalue weighted by Gasteiger charge is 2.35. The number of ether oxygens (including phenoxy) is 2. The van der Waals surface area contributed by atoms with Gasteiger partial charge in [-0.2, -0.15) is 9.19 Å². The maximum atomic E-state index is 13.5. The molecular formula is C25H30N8O5S. The third kappa shape index (κ3) is 5.08. The van der Waals surface area contributed by atoms with Crippen LogP contribution in [-0.2, 0) is 19.5 Å². The molecule has 4 aromatic rings. The molecule has 1 fully saturated rings. The van der Waals surface area contributed by atoms with Crippen LogP contribution >= 0.6 is 0 Å². The largest absolute Gasteiger partial charge is 0.443 e. The molecule has 0 saturated carbocycles. The number of nitrogens with zero attached hydrogens (tertiary/aromatic N) is 8. The minimum Gasteiger partial charge on any atom is -0.443 e. The number of imidazole rings is 1. The second-order valence-corrected chi connectivity index (χ2v) is 12.6. The molecule has 0 spiro atoms. The van der Waals surface area contributed by atoms with Crippen LogP contribution in [0.1, 0.15) is 46.5 Å². The molecule has 1 saturated heterocycles. The third-order valence-electron chi connectivity index (χ3n) is 6.04. The van der Waals surface area contributed by atoms with Crippen molar-refractivity contribution in [3.05, 3.63) is 42.7 Å². The van der Waals surface area contributed by atoms with E-state index in [4.69, 9.17) is 9.47 Å². The lowest BCUT2D eigenvalue weighted by molar-refractivity contribution is 0.0410. The number of aryl methyl sites for hydroxylation is 1. The lowest BCUT2D eigenvalue weighted by Gasteiger charge is -2.26. The molecular weight excluding hydrogens is 524 g/mol.